The van der Waals surface area contributed by atoms with Crippen LogP contribution in [-0.2, 0) is 17.6 Å². The minimum absolute atomic E-state index is 0.0288. The standard InChI is InChI=1S/C25H28N4O4S/c1-16(2)12-18-4-6-19(7-5-18)21(31)14-34-25-28-27-24(10-11-26-17(3)30)29(25)20-8-9-22-23(13-20)33-15-32-22/h4-9,13,16H,10-12,14-15H2,1-3H3,(H,26,30). The van der Waals surface area contributed by atoms with Crippen LogP contribution >= 0.6 is 11.8 Å². The molecule has 1 aromatic heterocycles. The third kappa shape index (κ3) is 5.77. The molecule has 1 aliphatic heterocycles. The zero-order chi connectivity index (χ0) is 24.1. The molecule has 0 saturated heterocycles. The zero-order valence-corrected chi connectivity index (χ0v) is 20.4. The molecule has 3 aromatic rings. The van der Waals surface area contributed by atoms with Crippen LogP contribution < -0.4 is 14.8 Å². The summed E-state index contributed by atoms with van der Waals surface area (Å²) < 4.78 is 12.8. The summed E-state index contributed by atoms with van der Waals surface area (Å²) in [5, 5.41) is 12.0. The van der Waals surface area contributed by atoms with Crippen LogP contribution in [0.3, 0.4) is 0 Å². The van der Waals surface area contributed by atoms with Crippen molar-refractivity contribution >= 4 is 23.5 Å². The van der Waals surface area contributed by atoms with Crippen LogP contribution in [0, 0.1) is 5.92 Å². The number of thioether (sulfide) groups is 1. The van der Waals surface area contributed by atoms with Gasteiger partial charge in [0.05, 0.1) is 11.4 Å². The van der Waals surface area contributed by atoms with E-state index < -0.39 is 0 Å². The van der Waals surface area contributed by atoms with Crippen LogP contribution in [-0.4, -0.2) is 45.5 Å². The molecule has 0 aliphatic carbocycles. The quantitative estimate of drug-likeness (QED) is 0.348. The van der Waals surface area contributed by atoms with Gasteiger partial charge in [0.1, 0.15) is 5.82 Å². The van der Waals surface area contributed by atoms with Crippen LogP contribution in [0.15, 0.2) is 47.6 Å². The van der Waals surface area contributed by atoms with E-state index >= 15 is 0 Å². The average Bonchev–Trinajstić information content (AvgIpc) is 3.43. The van der Waals surface area contributed by atoms with E-state index in [0.29, 0.717) is 46.9 Å². The van der Waals surface area contributed by atoms with E-state index in [-0.39, 0.29) is 24.2 Å². The van der Waals surface area contributed by atoms with Crippen LogP contribution in [0.25, 0.3) is 5.69 Å². The Morgan fingerprint density at radius 3 is 2.59 bits per heavy atom. The van der Waals surface area contributed by atoms with E-state index in [1.807, 2.05) is 47.0 Å². The lowest BCUT2D eigenvalue weighted by Gasteiger charge is -2.11. The summed E-state index contributed by atoms with van der Waals surface area (Å²) >= 11 is 1.33. The lowest BCUT2D eigenvalue weighted by molar-refractivity contribution is -0.118. The third-order valence-electron chi connectivity index (χ3n) is 5.29. The molecule has 9 heteroatoms. The first kappa shape index (κ1) is 23.8. The Balaban J connectivity index is 1.52. The number of amides is 1. The van der Waals surface area contributed by atoms with Crippen molar-refractivity contribution in [3.8, 4) is 17.2 Å². The number of Topliss-reactive ketones (excluding diaryl/α,β-unsaturated/α-hetero) is 1. The number of fused-ring (bicyclic) bond motifs is 1. The topological polar surface area (TPSA) is 95.3 Å². The van der Waals surface area contributed by atoms with Gasteiger partial charge in [0.25, 0.3) is 0 Å². The predicted molar refractivity (Wildman–Crippen MR) is 130 cm³/mol. The van der Waals surface area contributed by atoms with E-state index in [1.54, 1.807) is 0 Å². The van der Waals surface area contributed by atoms with Gasteiger partial charge in [-0.05, 0) is 30.0 Å². The molecule has 34 heavy (non-hydrogen) atoms. The van der Waals surface area contributed by atoms with Crippen molar-refractivity contribution < 1.29 is 19.1 Å². The molecule has 8 nitrogen and oxygen atoms in total. The number of carbonyl (C=O) groups excluding carboxylic acids is 2. The summed E-state index contributed by atoms with van der Waals surface area (Å²) in [4.78, 5) is 24.1. The van der Waals surface area contributed by atoms with Gasteiger partial charge in [0.15, 0.2) is 22.4 Å². The number of ketones is 1. The fourth-order valence-electron chi connectivity index (χ4n) is 3.70. The first-order chi connectivity index (χ1) is 16.4. The molecule has 2 aromatic carbocycles. The van der Waals surface area contributed by atoms with Gasteiger partial charge in [-0.3, -0.25) is 14.2 Å². The van der Waals surface area contributed by atoms with E-state index in [4.69, 9.17) is 9.47 Å². The summed E-state index contributed by atoms with van der Waals surface area (Å²) in [6.45, 7) is 6.45. The van der Waals surface area contributed by atoms with Gasteiger partial charge in [-0.15, -0.1) is 10.2 Å². The number of nitrogens with zero attached hydrogens (tertiary/aromatic N) is 3. The maximum Gasteiger partial charge on any atom is 0.231 e. The Morgan fingerprint density at radius 2 is 1.85 bits per heavy atom. The maximum atomic E-state index is 12.8. The third-order valence-corrected chi connectivity index (χ3v) is 6.22. The van der Waals surface area contributed by atoms with Crippen LogP contribution in [0.4, 0.5) is 0 Å². The Hall–Kier alpha value is -3.33. The summed E-state index contributed by atoms with van der Waals surface area (Å²) in [6, 6.07) is 13.4. The molecule has 0 saturated carbocycles. The Morgan fingerprint density at radius 1 is 1.09 bits per heavy atom. The number of benzene rings is 2. The second-order valence-corrected chi connectivity index (χ2v) is 9.45. The highest BCUT2D eigenvalue weighted by Crippen LogP contribution is 2.35. The van der Waals surface area contributed by atoms with Crippen molar-refractivity contribution in [1.29, 1.82) is 0 Å². The largest absolute Gasteiger partial charge is 0.454 e. The molecule has 0 unspecified atom stereocenters. The molecule has 0 spiro atoms. The summed E-state index contributed by atoms with van der Waals surface area (Å²) in [5.74, 6) is 2.74. The van der Waals surface area contributed by atoms with Crippen molar-refractivity contribution in [1.82, 2.24) is 20.1 Å². The predicted octanol–water partition coefficient (Wildman–Crippen LogP) is 3.85. The second kappa shape index (κ2) is 10.7. The van der Waals surface area contributed by atoms with Crippen molar-refractivity contribution in [3.63, 3.8) is 0 Å². The first-order valence-electron chi connectivity index (χ1n) is 11.2. The highest BCUT2D eigenvalue weighted by atomic mass is 32.2. The molecular weight excluding hydrogens is 452 g/mol. The molecule has 1 N–H and O–H groups in total. The fraction of sp³-hybridized carbons (Fsp3) is 0.360. The van der Waals surface area contributed by atoms with Crippen LogP contribution in [0.2, 0.25) is 0 Å². The number of carbonyl (C=O) groups is 2. The van der Waals surface area contributed by atoms with Crippen molar-refractivity contribution in [2.24, 2.45) is 5.92 Å². The van der Waals surface area contributed by atoms with Gasteiger partial charge < -0.3 is 14.8 Å². The first-order valence-corrected chi connectivity index (χ1v) is 12.2. The number of aromatic nitrogens is 3. The minimum atomic E-state index is -0.103. The normalized spacial score (nSPS) is 12.2. The van der Waals surface area contributed by atoms with E-state index in [0.717, 1.165) is 12.1 Å². The second-order valence-electron chi connectivity index (χ2n) is 8.51. The molecule has 1 aliphatic rings. The zero-order valence-electron chi connectivity index (χ0n) is 19.5. The molecule has 178 valence electrons. The summed E-state index contributed by atoms with van der Waals surface area (Å²) in [6.07, 6.45) is 1.48. The lowest BCUT2D eigenvalue weighted by Crippen LogP contribution is -2.23. The van der Waals surface area contributed by atoms with Gasteiger partial charge in [-0.1, -0.05) is 49.9 Å². The van der Waals surface area contributed by atoms with Crippen LogP contribution in [0.1, 0.15) is 42.5 Å². The van der Waals surface area contributed by atoms with Gasteiger partial charge >= 0.3 is 0 Å². The van der Waals surface area contributed by atoms with Gasteiger partial charge in [0, 0.05) is 31.5 Å². The van der Waals surface area contributed by atoms with E-state index in [9.17, 15) is 9.59 Å². The van der Waals surface area contributed by atoms with Crippen molar-refractivity contribution in [3.05, 3.63) is 59.4 Å². The molecule has 2 heterocycles. The van der Waals surface area contributed by atoms with Crippen molar-refractivity contribution in [2.45, 2.75) is 38.8 Å². The molecule has 0 atom stereocenters. The van der Waals surface area contributed by atoms with E-state index in [2.05, 4.69) is 29.4 Å². The smallest absolute Gasteiger partial charge is 0.231 e. The molecule has 0 radical (unpaired) electrons. The monoisotopic (exact) mass is 480 g/mol. The van der Waals surface area contributed by atoms with Crippen LogP contribution in [0.5, 0.6) is 11.5 Å². The Kier molecular flexibility index (Phi) is 7.52. The molecule has 1 amide bonds. The van der Waals surface area contributed by atoms with Gasteiger partial charge in [0.2, 0.25) is 12.7 Å². The average molecular weight is 481 g/mol. The summed E-state index contributed by atoms with van der Waals surface area (Å²) in [7, 11) is 0. The van der Waals surface area contributed by atoms with Gasteiger partial charge in [-0.2, -0.15) is 0 Å². The molecular formula is C25H28N4O4S. The molecule has 4 rings (SSSR count). The number of hydrogen-bond acceptors (Lipinski definition) is 7. The minimum Gasteiger partial charge on any atom is -0.454 e. The maximum absolute atomic E-state index is 12.8. The number of nitrogens with one attached hydrogen (secondary N) is 1. The van der Waals surface area contributed by atoms with Gasteiger partial charge in [-0.25, -0.2) is 0 Å². The highest BCUT2D eigenvalue weighted by molar-refractivity contribution is 7.99. The van der Waals surface area contributed by atoms with Crippen molar-refractivity contribution in [2.75, 3.05) is 19.1 Å². The lowest BCUT2D eigenvalue weighted by atomic mass is 10.0. The number of rotatable bonds is 10. The summed E-state index contributed by atoms with van der Waals surface area (Å²) in [5.41, 5.74) is 2.71. The SMILES string of the molecule is CC(=O)NCCc1nnc(SCC(=O)c2ccc(CC(C)C)cc2)n1-c1ccc2c(c1)OCO2. The Labute approximate surface area is 203 Å². The number of ether oxygens (including phenoxy) is 2. The fourth-order valence-corrected chi connectivity index (χ4v) is 4.57. The highest BCUT2D eigenvalue weighted by Gasteiger charge is 2.20. The number of hydrogen-bond donors (Lipinski definition) is 1. The Bertz CT molecular complexity index is 1170. The van der Waals surface area contributed by atoms with E-state index in [1.165, 1.54) is 24.2 Å². The molecule has 0 fully saturated rings. The molecule has 0 bridgehead atoms.